The molecule has 0 unspecified atom stereocenters. The average molecular weight is 427 g/mol. The lowest BCUT2D eigenvalue weighted by Crippen LogP contribution is -2.36. The molecule has 0 saturated heterocycles. The molecule has 5 aromatic rings. The minimum absolute atomic E-state index is 0.0603. The van der Waals surface area contributed by atoms with Crippen molar-refractivity contribution in [1.82, 2.24) is 34.4 Å². The molecule has 1 aliphatic rings. The number of para-hydroxylation sites is 1. The summed E-state index contributed by atoms with van der Waals surface area (Å²) in [7, 11) is 0. The van der Waals surface area contributed by atoms with Gasteiger partial charge in [0.1, 0.15) is 12.4 Å². The molecule has 0 saturated carbocycles. The van der Waals surface area contributed by atoms with Gasteiger partial charge in [0.05, 0.1) is 16.9 Å². The molecule has 0 radical (unpaired) electrons. The van der Waals surface area contributed by atoms with Crippen molar-refractivity contribution in [2.75, 3.05) is 0 Å². The van der Waals surface area contributed by atoms with E-state index in [4.69, 9.17) is 0 Å². The quantitative estimate of drug-likeness (QED) is 0.460. The Bertz CT molecular complexity index is 1580. The number of hydrogen-bond acceptors (Lipinski definition) is 5. The summed E-state index contributed by atoms with van der Waals surface area (Å²) in [6.45, 7) is 1.71. The maximum atomic E-state index is 13.0. The first-order valence-corrected chi connectivity index (χ1v) is 10.7. The molecule has 160 valence electrons. The van der Waals surface area contributed by atoms with Gasteiger partial charge in [-0.25, -0.2) is 4.98 Å². The molecular weight excluding hydrogens is 406 g/mol. The van der Waals surface area contributed by atoms with Gasteiger partial charge in [0.15, 0.2) is 0 Å². The van der Waals surface area contributed by atoms with E-state index < -0.39 is 0 Å². The fourth-order valence-corrected chi connectivity index (χ4v) is 4.74. The van der Waals surface area contributed by atoms with E-state index in [0.717, 1.165) is 30.5 Å². The van der Waals surface area contributed by atoms with Crippen LogP contribution >= 0.6 is 0 Å². The largest absolute Gasteiger partial charge is 0.356 e. The summed E-state index contributed by atoms with van der Waals surface area (Å²) in [5.74, 6) is 0.822. The second-order valence-corrected chi connectivity index (χ2v) is 8.25. The third kappa shape index (κ3) is 2.89. The SMILES string of the molecule is Cc1nc2ncc3c(=O)n(CC(=O)N[C@@H]4CCCc5c4[nH]c4ccccc54)ccc3n2n1. The first kappa shape index (κ1) is 18.7. The zero-order chi connectivity index (χ0) is 21.8. The molecule has 32 heavy (non-hydrogen) atoms. The number of hydrogen-bond donors (Lipinski definition) is 2. The second kappa shape index (κ2) is 7.01. The van der Waals surface area contributed by atoms with E-state index in [-0.39, 0.29) is 24.1 Å². The van der Waals surface area contributed by atoms with Gasteiger partial charge < -0.3 is 14.9 Å². The first-order chi connectivity index (χ1) is 15.6. The summed E-state index contributed by atoms with van der Waals surface area (Å²) >= 11 is 0. The molecule has 0 spiro atoms. The normalized spacial score (nSPS) is 16.0. The zero-order valence-corrected chi connectivity index (χ0v) is 17.5. The smallest absolute Gasteiger partial charge is 0.262 e. The molecule has 4 aromatic heterocycles. The Labute approximate surface area is 182 Å². The Morgan fingerprint density at radius 2 is 2.12 bits per heavy atom. The Kier molecular flexibility index (Phi) is 4.11. The third-order valence-corrected chi connectivity index (χ3v) is 6.18. The highest BCUT2D eigenvalue weighted by Gasteiger charge is 2.25. The minimum atomic E-state index is -0.282. The maximum absolute atomic E-state index is 13.0. The van der Waals surface area contributed by atoms with Crippen molar-refractivity contribution in [3.63, 3.8) is 0 Å². The summed E-state index contributed by atoms with van der Waals surface area (Å²) in [5.41, 5.74) is 3.78. The van der Waals surface area contributed by atoms with Crippen LogP contribution in [-0.4, -0.2) is 35.0 Å². The highest BCUT2D eigenvalue weighted by Crippen LogP contribution is 2.34. The minimum Gasteiger partial charge on any atom is -0.356 e. The summed E-state index contributed by atoms with van der Waals surface area (Å²) < 4.78 is 2.96. The number of nitrogens with zero attached hydrogens (tertiary/aromatic N) is 5. The van der Waals surface area contributed by atoms with E-state index in [1.54, 1.807) is 23.7 Å². The molecule has 1 atom stereocenters. The molecule has 4 heterocycles. The van der Waals surface area contributed by atoms with E-state index in [9.17, 15) is 9.59 Å². The summed E-state index contributed by atoms with van der Waals surface area (Å²) in [6.07, 6.45) is 5.99. The zero-order valence-electron chi connectivity index (χ0n) is 17.5. The summed E-state index contributed by atoms with van der Waals surface area (Å²) in [6, 6.07) is 9.90. The van der Waals surface area contributed by atoms with E-state index in [2.05, 4.69) is 37.5 Å². The molecule has 0 aliphatic heterocycles. The highest BCUT2D eigenvalue weighted by atomic mass is 16.2. The summed E-state index contributed by atoms with van der Waals surface area (Å²) in [4.78, 5) is 37.8. The number of pyridine rings is 1. The van der Waals surface area contributed by atoms with Crippen LogP contribution in [0.15, 0.2) is 47.5 Å². The van der Waals surface area contributed by atoms with Gasteiger partial charge in [0.25, 0.3) is 11.3 Å². The molecule has 0 fully saturated rings. The molecule has 0 bridgehead atoms. The molecule has 1 aromatic carbocycles. The van der Waals surface area contributed by atoms with E-state index in [1.165, 1.54) is 21.7 Å². The topological polar surface area (TPSA) is 110 Å². The fraction of sp³-hybridized carbons (Fsp3) is 0.261. The molecule has 6 rings (SSSR count). The predicted octanol–water partition coefficient (Wildman–Crippen LogP) is 2.42. The highest BCUT2D eigenvalue weighted by molar-refractivity contribution is 5.86. The van der Waals surface area contributed by atoms with Crippen LogP contribution in [0.25, 0.3) is 27.6 Å². The predicted molar refractivity (Wildman–Crippen MR) is 119 cm³/mol. The van der Waals surface area contributed by atoms with Gasteiger partial charge in [0.2, 0.25) is 5.91 Å². The van der Waals surface area contributed by atoms with E-state index in [0.29, 0.717) is 22.5 Å². The molecule has 1 amide bonds. The van der Waals surface area contributed by atoms with Gasteiger partial charge in [-0.15, -0.1) is 5.10 Å². The number of aromatic nitrogens is 6. The molecule has 9 nitrogen and oxygen atoms in total. The number of fused-ring (bicyclic) bond motifs is 6. The number of amides is 1. The fourth-order valence-electron chi connectivity index (χ4n) is 4.74. The van der Waals surface area contributed by atoms with E-state index in [1.807, 2.05) is 12.1 Å². The standard InChI is InChI=1S/C23H21N7O2/c1-13-25-23-24-11-16-19(30(23)28-13)9-10-29(22(16)32)12-20(31)26-18-8-4-6-15-14-5-2-3-7-17(14)27-21(15)18/h2-3,5,7,9-11,18,27H,4,6,8,12H2,1H3,(H,26,31)/t18-/m1/s1. The van der Waals surface area contributed by atoms with Crippen molar-refractivity contribution in [2.24, 2.45) is 0 Å². The van der Waals surface area contributed by atoms with Gasteiger partial charge in [-0.05, 0) is 43.9 Å². The number of aromatic amines is 1. The monoisotopic (exact) mass is 427 g/mol. The maximum Gasteiger partial charge on any atom is 0.262 e. The van der Waals surface area contributed by atoms with Crippen LogP contribution in [0.3, 0.4) is 0 Å². The third-order valence-electron chi connectivity index (χ3n) is 6.18. The molecule has 2 N–H and O–H groups in total. The van der Waals surface area contributed by atoms with Crippen LogP contribution in [0.5, 0.6) is 0 Å². The van der Waals surface area contributed by atoms with Crippen molar-refractivity contribution >= 4 is 33.5 Å². The van der Waals surface area contributed by atoms with Crippen LogP contribution in [0.2, 0.25) is 0 Å². The van der Waals surface area contributed by atoms with Crippen LogP contribution in [0.1, 0.15) is 36.0 Å². The lowest BCUT2D eigenvalue weighted by molar-refractivity contribution is -0.122. The average Bonchev–Trinajstić information content (AvgIpc) is 3.36. The van der Waals surface area contributed by atoms with Crippen molar-refractivity contribution in [3.8, 4) is 0 Å². The Morgan fingerprint density at radius 1 is 1.25 bits per heavy atom. The lowest BCUT2D eigenvalue weighted by Gasteiger charge is -2.24. The number of carbonyl (C=O) groups is 1. The van der Waals surface area contributed by atoms with Crippen molar-refractivity contribution in [1.29, 1.82) is 0 Å². The van der Waals surface area contributed by atoms with Crippen LogP contribution < -0.4 is 10.9 Å². The second-order valence-electron chi connectivity index (χ2n) is 8.25. The first-order valence-electron chi connectivity index (χ1n) is 10.7. The number of carbonyl (C=O) groups excluding carboxylic acids is 1. The van der Waals surface area contributed by atoms with Gasteiger partial charge in [0, 0.05) is 29.0 Å². The Balaban J connectivity index is 1.29. The Hall–Kier alpha value is -4.01. The van der Waals surface area contributed by atoms with Crippen molar-refractivity contribution in [3.05, 3.63) is 70.2 Å². The molecule has 9 heteroatoms. The van der Waals surface area contributed by atoms with Gasteiger partial charge in [-0.3, -0.25) is 9.59 Å². The van der Waals surface area contributed by atoms with Gasteiger partial charge in [-0.2, -0.15) is 9.50 Å². The van der Waals surface area contributed by atoms with Crippen molar-refractivity contribution < 1.29 is 4.79 Å². The number of benzene rings is 1. The van der Waals surface area contributed by atoms with Crippen LogP contribution in [0, 0.1) is 6.92 Å². The van der Waals surface area contributed by atoms with Gasteiger partial charge in [-0.1, -0.05) is 18.2 Å². The van der Waals surface area contributed by atoms with Crippen LogP contribution in [-0.2, 0) is 17.8 Å². The van der Waals surface area contributed by atoms with Crippen molar-refractivity contribution in [2.45, 2.75) is 38.8 Å². The number of aryl methyl sites for hydroxylation is 2. The lowest BCUT2D eigenvalue weighted by atomic mass is 9.91. The molecular formula is C23H21N7O2. The van der Waals surface area contributed by atoms with Crippen LogP contribution in [0.4, 0.5) is 0 Å². The van der Waals surface area contributed by atoms with E-state index >= 15 is 0 Å². The number of rotatable bonds is 3. The summed E-state index contributed by atoms with van der Waals surface area (Å²) in [5, 5.41) is 9.03. The molecule has 1 aliphatic carbocycles. The van der Waals surface area contributed by atoms with Gasteiger partial charge >= 0.3 is 0 Å². The number of H-pyrrole nitrogens is 1. The number of nitrogens with one attached hydrogen (secondary N) is 2. The Morgan fingerprint density at radius 3 is 3.03 bits per heavy atom.